The summed E-state index contributed by atoms with van der Waals surface area (Å²) in [5.74, 6) is 0.739. The van der Waals surface area contributed by atoms with E-state index in [1.54, 1.807) is 6.20 Å². The summed E-state index contributed by atoms with van der Waals surface area (Å²) in [6.45, 7) is 5.87. The molecule has 1 aromatic carbocycles. The molecule has 0 saturated carbocycles. The van der Waals surface area contributed by atoms with Gasteiger partial charge in [0.1, 0.15) is 0 Å². The number of benzene rings is 1. The highest BCUT2D eigenvalue weighted by atomic mass is 16.5. The normalized spacial score (nSPS) is 11.3. The molecular formula is C16H22N2O. The molecule has 0 atom stereocenters. The van der Waals surface area contributed by atoms with Crippen molar-refractivity contribution in [3.8, 4) is 0 Å². The summed E-state index contributed by atoms with van der Waals surface area (Å²) >= 11 is 0. The van der Waals surface area contributed by atoms with Gasteiger partial charge in [-0.1, -0.05) is 19.9 Å². The second-order valence-electron chi connectivity index (χ2n) is 5.30. The van der Waals surface area contributed by atoms with Crippen LogP contribution in [0.3, 0.4) is 0 Å². The number of fused-ring (bicyclic) bond motifs is 1. The molecule has 2 N–H and O–H groups in total. The van der Waals surface area contributed by atoms with Gasteiger partial charge in [-0.25, -0.2) is 0 Å². The highest BCUT2D eigenvalue weighted by molar-refractivity contribution is 5.92. The van der Waals surface area contributed by atoms with Gasteiger partial charge in [0.2, 0.25) is 0 Å². The second kappa shape index (κ2) is 6.53. The Morgan fingerprint density at radius 2 is 2.11 bits per heavy atom. The Bertz CT molecular complexity index is 537. The maximum atomic E-state index is 5.95. The van der Waals surface area contributed by atoms with Gasteiger partial charge in [0.05, 0.1) is 12.1 Å². The molecule has 1 heterocycles. The predicted molar refractivity (Wildman–Crippen MR) is 79.9 cm³/mol. The Morgan fingerprint density at radius 3 is 2.89 bits per heavy atom. The summed E-state index contributed by atoms with van der Waals surface area (Å²) in [5.41, 5.74) is 8.78. The van der Waals surface area contributed by atoms with E-state index >= 15 is 0 Å². The van der Waals surface area contributed by atoms with Gasteiger partial charge < -0.3 is 10.5 Å². The van der Waals surface area contributed by atoms with Gasteiger partial charge in [-0.3, -0.25) is 4.98 Å². The molecule has 102 valence electrons. The molecule has 0 aliphatic heterocycles. The highest BCUT2D eigenvalue weighted by Crippen LogP contribution is 2.23. The van der Waals surface area contributed by atoms with Crippen molar-refractivity contribution in [3.05, 3.63) is 36.0 Å². The Balaban J connectivity index is 1.99. The summed E-state index contributed by atoms with van der Waals surface area (Å²) in [4.78, 5) is 4.41. The quantitative estimate of drug-likeness (QED) is 0.633. The van der Waals surface area contributed by atoms with Crippen LogP contribution in [0.2, 0.25) is 0 Å². The van der Waals surface area contributed by atoms with Crippen LogP contribution in [0.25, 0.3) is 10.9 Å². The summed E-state index contributed by atoms with van der Waals surface area (Å²) in [6.07, 6.45) is 4.11. The van der Waals surface area contributed by atoms with Gasteiger partial charge >= 0.3 is 0 Å². The van der Waals surface area contributed by atoms with Crippen molar-refractivity contribution in [2.45, 2.75) is 33.3 Å². The van der Waals surface area contributed by atoms with E-state index in [1.807, 2.05) is 24.3 Å². The summed E-state index contributed by atoms with van der Waals surface area (Å²) in [6, 6.07) is 7.84. The first-order chi connectivity index (χ1) is 9.18. The van der Waals surface area contributed by atoms with Gasteiger partial charge in [0.15, 0.2) is 0 Å². The van der Waals surface area contributed by atoms with Crippen LogP contribution in [0.15, 0.2) is 30.5 Å². The fourth-order valence-corrected chi connectivity index (χ4v) is 2.15. The van der Waals surface area contributed by atoms with Crippen LogP contribution in [0.1, 0.15) is 32.3 Å². The molecule has 0 radical (unpaired) electrons. The topological polar surface area (TPSA) is 48.1 Å². The van der Waals surface area contributed by atoms with Crippen LogP contribution in [-0.4, -0.2) is 11.6 Å². The van der Waals surface area contributed by atoms with E-state index < -0.39 is 0 Å². The molecule has 0 fully saturated rings. The van der Waals surface area contributed by atoms with Crippen molar-refractivity contribution < 1.29 is 4.74 Å². The number of pyridine rings is 1. The van der Waals surface area contributed by atoms with Crippen LogP contribution in [0.4, 0.5) is 5.69 Å². The van der Waals surface area contributed by atoms with E-state index in [9.17, 15) is 0 Å². The molecule has 1 aromatic heterocycles. The number of ether oxygens (including phenoxy) is 1. The molecule has 19 heavy (non-hydrogen) atoms. The van der Waals surface area contributed by atoms with Crippen LogP contribution in [0.5, 0.6) is 0 Å². The van der Waals surface area contributed by atoms with E-state index in [1.165, 1.54) is 6.42 Å². The lowest BCUT2D eigenvalue weighted by Gasteiger charge is -2.09. The first kappa shape index (κ1) is 13.8. The molecule has 0 spiro atoms. The van der Waals surface area contributed by atoms with Crippen LogP contribution < -0.4 is 5.73 Å². The van der Waals surface area contributed by atoms with Gasteiger partial charge in [-0.15, -0.1) is 0 Å². The monoisotopic (exact) mass is 258 g/mol. The minimum absolute atomic E-state index is 0.603. The first-order valence-corrected chi connectivity index (χ1v) is 6.88. The third-order valence-electron chi connectivity index (χ3n) is 3.21. The Hall–Kier alpha value is -1.61. The molecular weight excluding hydrogens is 236 g/mol. The molecule has 3 heteroatoms. The Labute approximate surface area is 114 Å². The number of nitrogen functional groups attached to an aromatic ring is 1. The van der Waals surface area contributed by atoms with Crippen LogP contribution in [-0.2, 0) is 11.3 Å². The van der Waals surface area contributed by atoms with Gasteiger partial charge in [-0.05, 0) is 37.0 Å². The van der Waals surface area contributed by atoms with Gasteiger partial charge in [-0.2, -0.15) is 0 Å². The lowest BCUT2D eigenvalue weighted by Crippen LogP contribution is -2.00. The standard InChI is InChI=1S/C16H22N2O/c1-12(2)5-4-10-19-11-13-7-8-15(17)14-6-3-9-18-16(13)14/h3,6-9,12H,4-5,10-11,17H2,1-2H3. The van der Waals surface area contributed by atoms with Gasteiger partial charge in [0.25, 0.3) is 0 Å². The third-order valence-corrected chi connectivity index (χ3v) is 3.21. The number of hydrogen-bond acceptors (Lipinski definition) is 3. The van der Waals surface area contributed by atoms with E-state index in [0.717, 1.165) is 41.1 Å². The Kier molecular flexibility index (Phi) is 4.74. The van der Waals surface area contributed by atoms with E-state index in [-0.39, 0.29) is 0 Å². The number of anilines is 1. The SMILES string of the molecule is CC(C)CCCOCc1ccc(N)c2cccnc12. The average molecular weight is 258 g/mol. The van der Waals surface area contributed by atoms with E-state index in [0.29, 0.717) is 6.61 Å². The predicted octanol–water partition coefficient (Wildman–Crippen LogP) is 3.77. The third kappa shape index (κ3) is 3.67. The van der Waals surface area contributed by atoms with Crippen molar-refractivity contribution in [1.82, 2.24) is 4.98 Å². The van der Waals surface area contributed by atoms with E-state index in [2.05, 4.69) is 18.8 Å². The fraction of sp³-hybridized carbons (Fsp3) is 0.438. The molecule has 0 bridgehead atoms. The number of aromatic nitrogens is 1. The second-order valence-corrected chi connectivity index (χ2v) is 5.30. The van der Waals surface area contributed by atoms with Crippen molar-refractivity contribution in [1.29, 1.82) is 0 Å². The zero-order chi connectivity index (χ0) is 13.7. The minimum atomic E-state index is 0.603. The number of hydrogen-bond donors (Lipinski definition) is 1. The van der Waals surface area contributed by atoms with E-state index in [4.69, 9.17) is 10.5 Å². The molecule has 0 saturated heterocycles. The van der Waals surface area contributed by atoms with Crippen molar-refractivity contribution >= 4 is 16.6 Å². The first-order valence-electron chi connectivity index (χ1n) is 6.88. The summed E-state index contributed by atoms with van der Waals surface area (Å²) < 4.78 is 5.74. The Morgan fingerprint density at radius 1 is 1.26 bits per heavy atom. The molecule has 3 nitrogen and oxygen atoms in total. The maximum absolute atomic E-state index is 5.95. The lowest BCUT2D eigenvalue weighted by molar-refractivity contribution is 0.115. The van der Waals surface area contributed by atoms with Crippen molar-refractivity contribution in [2.24, 2.45) is 5.92 Å². The molecule has 0 amide bonds. The van der Waals surface area contributed by atoms with Crippen molar-refractivity contribution in [2.75, 3.05) is 12.3 Å². The fourth-order valence-electron chi connectivity index (χ4n) is 2.15. The lowest BCUT2D eigenvalue weighted by atomic mass is 10.1. The number of rotatable bonds is 6. The zero-order valence-electron chi connectivity index (χ0n) is 11.7. The van der Waals surface area contributed by atoms with Crippen LogP contribution >= 0.6 is 0 Å². The summed E-state index contributed by atoms with van der Waals surface area (Å²) in [5, 5.41) is 1.01. The maximum Gasteiger partial charge on any atom is 0.0777 e. The molecule has 0 aliphatic rings. The molecule has 0 unspecified atom stereocenters. The molecule has 2 aromatic rings. The minimum Gasteiger partial charge on any atom is -0.398 e. The molecule has 2 rings (SSSR count). The number of nitrogens with zero attached hydrogens (tertiary/aromatic N) is 1. The summed E-state index contributed by atoms with van der Waals surface area (Å²) in [7, 11) is 0. The zero-order valence-corrected chi connectivity index (χ0v) is 11.7. The van der Waals surface area contributed by atoms with Crippen LogP contribution in [0, 0.1) is 5.92 Å². The smallest absolute Gasteiger partial charge is 0.0777 e. The highest BCUT2D eigenvalue weighted by Gasteiger charge is 2.05. The molecule has 0 aliphatic carbocycles. The average Bonchev–Trinajstić information content (AvgIpc) is 2.41. The largest absolute Gasteiger partial charge is 0.398 e. The van der Waals surface area contributed by atoms with Gasteiger partial charge in [0, 0.05) is 29.4 Å². The number of nitrogens with two attached hydrogens (primary N) is 1. The van der Waals surface area contributed by atoms with Crippen molar-refractivity contribution in [3.63, 3.8) is 0 Å².